The van der Waals surface area contributed by atoms with E-state index < -0.39 is 0 Å². The van der Waals surface area contributed by atoms with Crippen molar-refractivity contribution in [1.82, 2.24) is 4.90 Å². The van der Waals surface area contributed by atoms with Gasteiger partial charge in [-0.25, -0.2) is 0 Å². The molecule has 0 bridgehead atoms. The van der Waals surface area contributed by atoms with E-state index in [-0.39, 0.29) is 11.8 Å². The molecule has 0 fully saturated rings. The molecule has 92 valence electrons. The van der Waals surface area contributed by atoms with Crippen LogP contribution in [0.25, 0.3) is 0 Å². The van der Waals surface area contributed by atoms with Gasteiger partial charge in [0.25, 0.3) is 0 Å². The van der Waals surface area contributed by atoms with Gasteiger partial charge in [-0.05, 0) is 24.0 Å². The van der Waals surface area contributed by atoms with Crippen LogP contribution in [0.1, 0.15) is 18.1 Å². The van der Waals surface area contributed by atoms with Crippen molar-refractivity contribution in [2.24, 2.45) is 11.7 Å². The normalized spacial score (nSPS) is 16.6. The molecular weight excluding hydrogens is 212 g/mol. The Kier molecular flexibility index (Phi) is 3.48. The lowest BCUT2D eigenvalue weighted by Gasteiger charge is -2.26. The largest absolute Gasteiger partial charge is 0.342 e. The Morgan fingerprint density at radius 3 is 2.41 bits per heavy atom. The molecule has 3 heteroatoms. The minimum Gasteiger partial charge on any atom is -0.342 e. The van der Waals surface area contributed by atoms with Crippen LogP contribution < -0.4 is 5.73 Å². The minimum atomic E-state index is -0.0799. The lowest BCUT2D eigenvalue weighted by atomic mass is 10.1. The molecule has 1 aliphatic carbocycles. The highest BCUT2D eigenvalue weighted by atomic mass is 16.2. The molecule has 17 heavy (non-hydrogen) atoms. The Morgan fingerprint density at radius 1 is 1.41 bits per heavy atom. The third-order valence-electron chi connectivity index (χ3n) is 3.70. The molecule has 0 heterocycles. The number of rotatable bonds is 3. The first-order valence-electron chi connectivity index (χ1n) is 6.17. The highest BCUT2D eigenvalue weighted by molar-refractivity contribution is 5.79. The Hall–Kier alpha value is -1.35. The van der Waals surface area contributed by atoms with Crippen molar-refractivity contribution in [3.63, 3.8) is 0 Å². The highest BCUT2D eigenvalue weighted by Gasteiger charge is 2.28. The molecule has 0 radical (unpaired) electrons. The lowest BCUT2D eigenvalue weighted by molar-refractivity contribution is -0.135. The fourth-order valence-electron chi connectivity index (χ4n) is 2.44. The fourth-order valence-corrected chi connectivity index (χ4v) is 2.44. The molecule has 2 N–H and O–H groups in total. The van der Waals surface area contributed by atoms with Gasteiger partial charge in [0.2, 0.25) is 5.91 Å². The van der Waals surface area contributed by atoms with E-state index in [2.05, 4.69) is 24.3 Å². The van der Waals surface area contributed by atoms with Gasteiger partial charge in [-0.15, -0.1) is 0 Å². The van der Waals surface area contributed by atoms with Gasteiger partial charge in [-0.2, -0.15) is 0 Å². The summed E-state index contributed by atoms with van der Waals surface area (Å²) in [6.45, 7) is 2.31. The van der Waals surface area contributed by atoms with E-state index in [9.17, 15) is 4.79 Å². The fraction of sp³-hybridized carbons (Fsp3) is 0.500. The molecule has 0 aromatic heterocycles. The molecule has 0 saturated heterocycles. The molecule has 2 rings (SSSR count). The number of nitrogens with zero attached hydrogens (tertiary/aromatic N) is 1. The van der Waals surface area contributed by atoms with Crippen LogP contribution in [0.15, 0.2) is 24.3 Å². The summed E-state index contributed by atoms with van der Waals surface area (Å²) in [6.07, 6.45) is 1.94. The van der Waals surface area contributed by atoms with E-state index in [4.69, 9.17) is 5.73 Å². The number of amides is 1. The zero-order chi connectivity index (χ0) is 12.4. The van der Waals surface area contributed by atoms with Crippen molar-refractivity contribution in [3.8, 4) is 0 Å². The maximum absolute atomic E-state index is 12.1. The van der Waals surface area contributed by atoms with Gasteiger partial charge in [0, 0.05) is 25.6 Å². The van der Waals surface area contributed by atoms with Gasteiger partial charge in [0.05, 0.1) is 0 Å². The first-order chi connectivity index (χ1) is 8.13. The average molecular weight is 232 g/mol. The second kappa shape index (κ2) is 4.88. The standard InChI is InChI=1S/C14H20N2O/c1-10(9-15)14(17)16(2)13-7-11-5-3-4-6-12(11)8-13/h3-6,10,13H,7-9,15H2,1-2H3. The van der Waals surface area contributed by atoms with Gasteiger partial charge in [0.1, 0.15) is 0 Å². The number of likely N-dealkylation sites (N-methyl/N-ethyl adjacent to an activating group) is 1. The van der Waals surface area contributed by atoms with Crippen LogP contribution >= 0.6 is 0 Å². The molecule has 0 spiro atoms. The van der Waals surface area contributed by atoms with Crippen molar-refractivity contribution in [3.05, 3.63) is 35.4 Å². The minimum absolute atomic E-state index is 0.0799. The van der Waals surface area contributed by atoms with E-state index >= 15 is 0 Å². The Morgan fingerprint density at radius 2 is 1.94 bits per heavy atom. The number of hydrogen-bond acceptors (Lipinski definition) is 2. The van der Waals surface area contributed by atoms with Crippen molar-refractivity contribution >= 4 is 5.91 Å². The SMILES string of the molecule is CC(CN)C(=O)N(C)C1Cc2ccccc2C1. The van der Waals surface area contributed by atoms with Gasteiger partial charge < -0.3 is 10.6 Å². The average Bonchev–Trinajstić information content (AvgIpc) is 2.79. The summed E-state index contributed by atoms with van der Waals surface area (Å²) >= 11 is 0. The molecular formula is C14H20N2O. The van der Waals surface area contributed by atoms with Gasteiger partial charge in [-0.3, -0.25) is 4.79 Å². The predicted octanol–water partition coefficient (Wildman–Crippen LogP) is 1.21. The summed E-state index contributed by atoms with van der Waals surface area (Å²) in [5, 5.41) is 0. The number of carbonyl (C=O) groups excluding carboxylic acids is 1. The van der Waals surface area contributed by atoms with Crippen LogP contribution in [0.5, 0.6) is 0 Å². The topological polar surface area (TPSA) is 46.3 Å². The number of fused-ring (bicyclic) bond motifs is 1. The zero-order valence-electron chi connectivity index (χ0n) is 10.5. The van der Waals surface area contributed by atoms with E-state index in [0.29, 0.717) is 12.6 Å². The highest BCUT2D eigenvalue weighted by Crippen LogP contribution is 2.25. The van der Waals surface area contributed by atoms with E-state index in [1.54, 1.807) is 0 Å². The van der Waals surface area contributed by atoms with E-state index in [1.165, 1.54) is 11.1 Å². The monoisotopic (exact) mass is 232 g/mol. The van der Waals surface area contributed by atoms with Crippen LogP contribution in [0.2, 0.25) is 0 Å². The van der Waals surface area contributed by atoms with Gasteiger partial charge in [0.15, 0.2) is 0 Å². The van der Waals surface area contributed by atoms with Crippen LogP contribution in [0, 0.1) is 5.92 Å². The first-order valence-corrected chi connectivity index (χ1v) is 6.17. The maximum Gasteiger partial charge on any atom is 0.226 e. The Labute approximate surface area is 103 Å². The van der Waals surface area contributed by atoms with Crippen molar-refractivity contribution in [1.29, 1.82) is 0 Å². The number of nitrogens with two attached hydrogens (primary N) is 1. The van der Waals surface area contributed by atoms with Crippen molar-refractivity contribution < 1.29 is 4.79 Å². The molecule has 0 saturated carbocycles. The summed E-state index contributed by atoms with van der Waals surface area (Å²) in [5.41, 5.74) is 8.29. The van der Waals surface area contributed by atoms with Crippen LogP contribution in [0.3, 0.4) is 0 Å². The maximum atomic E-state index is 12.1. The van der Waals surface area contributed by atoms with Crippen LogP contribution in [0.4, 0.5) is 0 Å². The smallest absolute Gasteiger partial charge is 0.226 e. The number of carbonyl (C=O) groups is 1. The van der Waals surface area contributed by atoms with E-state index in [1.807, 2.05) is 18.9 Å². The quantitative estimate of drug-likeness (QED) is 0.851. The summed E-state index contributed by atoms with van der Waals surface area (Å²) in [5.74, 6) is 0.0778. The molecule has 1 aromatic rings. The molecule has 0 aliphatic heterocycles. The summed E-state index contributed by atoms with van der Waals surface area (Å²) in [7, 11) is 1.89. The first kappa shape index (κ1) is 12.1. The van der Waals surface area contributed by atoms with Crippen molar-refractivity contribution in [2.45, 2.75) is 25.8 Å². The van der Waals surface area contributed by atoms with Crippen molar-refractivity contribution in [2.75, 3.05) is 13.6 Å². The molecule has 1 amide bonds. The van der Waals surface area contributed by atoms with Gasteiger partial charge in [-0.1, -0.05) is 31.2 Å². The summed E-state index contributed by atoms with van der Waals surface area (Å²) in [4.78, 5) is 13.9. The second-order valence-electron chi connectivity index (χ2n) is 4.92. The third kappa shape index (κ3) is 2.34. The third-order valence-corrected chi connectivity index (χ3v) is 3.70. The Bertz CT molecular complexity index is 391. The molecule has 1 aliphatic rings. The molecule has 1 unspecified atom stereocenters. The number of benzene rings is 1. The number of hydrogen-bond donors (Lipinski definition) is 1. The Balaban J connectivity index is 2.05. The van der Waals surface area contributed by atoms with Crippen LogP contribution in [-0.4, -0.2) is 30.4 Å². The predicted molar refractivity (Wildman–Crippen MR) is 68.6 cm³/mol. The molecule has 1 aromatic carbocycles. The molecule has 1 atom stereocenters. The summed E-state index contributed by atoms with van der Waals surface area (Å²) in [6, 6.07) is 8.73. The van der Waals surface area contributed by atoms with E-state index in [0.717, 1.165) is 12.8 Å². The summed E-state index contributed by atoms with van der Waals surface area (Å²) < 4.78 is 0. The van der Waals surface area contributed by atoms with Crippen LogP contribution in [-0.2, 0) is 17.6 Å². The zero-order valence-corrected chi connectivity index (χ0v) is 10.5. The lowest BCUT2D eigenvalue weighted by Crippen LogP contribution is -2.42. The second-order valence-corrected chi connectivity index (χ2v) is 4.92. The molecule has 3 nitrogen and oxygen atoms in total. The van der Waals surface area contributed by atoms with Gasteiger partial charge >= 0.3 is 0 Å².